The standard InChI is InChI=1S/C23H24N4O4/c1-26(13-16-12-24-9-10-25-16)21(29)19-18-6-8-23(31-18)14-27(22(30)20(19)23)17-4-2-15(3-5-17)7-11-28/h2-6,8-10,12,18-20,28H,7,11,13-14H2,1H3/t18-,19-,20-,23-/m0/s1. The van der Waals surface area contributed by atoms with Crippen LogP contribution in [0.4, 0.5) is 5.69 Å². The molecule has 3 aliphatic heterocycles. The average Bonchev–Trinajstić information content (AvgIpc) is 3.43. The Morgan fingerprint density at radius 1 is 1.32 bits per heavy atom. The van der Waals surface area contributed by atoms with E-state index in [2.05, 4.69) is 9.97 Å². The number of nitrogens with zero attached hydrogens (tertiary/aromatic N) is 4. The molecule has 2 fully saturated rings. The third kappa shape index (κ3) is 3.23. The van der Waals surface area contributed by atoms with E-state index in [4.69, 9.17) is 9.84 Å². The molecule has 0 saturated carbocycles. The van der Waals surface area contributed by atoms with Crippen LogP contribution in [0.3, 0.4) is 0 Å². The SMILES string of the molecule is CN(Cc1cnccn1)C(=O)[C@H]1[C@@H]2C=C[C@@]3(CN(c4ccc(CCO)cc4)C(=O)[C@H]13)O2. The maximum absolute atomic E-state index is 13.5. The van der Waals surface area contributed by atoms with E-state index in [1.165, 1.54) is 0 Å². The zero-order valence-electron chi connectivity index (χ0n) is 17.2. The van der Waals surface area contributed by atoms with Crippen molar-refractivity contribution < 1.29 is 19.4 Å². The molecular weight excluding hydrogens is 396 g/mol. The molecule has 5 rings (SSSR count). The Hall–Kier alpha value is -3.10. The molecule has 0 unspecified atom stereocenters. The summed E-state index contributed by atoms with van der Waals surface area (Å²) in [7, 11) is 1.72. The van der Waals surface area contributed by atoms with Crippen molar-refractivity contribution in [3.8, 4) is 0 Å². The third-order valence-corrected chi connectivity index (χ3v) is 6.43. The van der Waals surface area contributed by atoms with Crippen molar-refractivity contribution in [3.05, 3.63) is 66.3 Å². The number of aliphatic hydroxyl groups excluding tert-OH is 1. The Morgan fingerprint density at radius 3 is 2.84 bits per heavy atom. The number of benzene rings is 1. The first-order chi connectivity index (χ1) is 15.0. The normalized spacial score (nSPS) is 28.3. The van der Waals surface area contributed by atoms with E-state index in [1.807, 2.05) is 36.4 Å². The maximum Gasteiger partial charge on any atom is 0.234 e. The van der Waals surface area contributed by atoms with E-state index >= 15 is 0 Å². The Labute approximate surface area is 180 Å². The van der Waals surface area contributed by atoms with Crippen LogP contribution in [0.1, 0.15) is 11.3 Å². The Kier molecular flexibility index (Phi) is 4.83. The lowest BCUT2D eigenvalue weighted by molar-refractivity contribution is -0.139. The molecule has 8 nitrogen and oxygen atoms in total. The molecule has 4 heterocycles. The molecule has 2 saturated heterocycles. The smallest absolute Gasteiger partial charge is 0.234 e. The quantitative estimate of drug-likeness (QED) is 0.700. The lowest BCUT2D eigenvalue weighted by Gasteiger charge is -2.27. The van der Waals surface area contributed by atoms with Gasteiger partial charge in [0.25, 0.3) is 0 Å². The number of fused-ring (bicyclic) bond motifs is 1. The fourth-order valence-electron chi connectivity index (χ4n) is 4.96. The number of hydrogen-bond acceptors (Lipinski definition) is 6. The Morgan fingerprint density at radius 2 is 2.13 bits per heavy atom. The molecule has 160 valence electrons. The summed E-state index contributed by atoms with van der Waals surface area (Å²) in [6.07, 6.45) is 8.86. The Bertz CT molecular complexity index is 1030. The van der Waals surface area contributed by atoms with Gasteiger partial charge in [-0.2, -0.15) is 0 Å². The minimum atomic E-state index is -0.765. The minimum Gasteiger partial charge on any atom is -0.396 e. The highest BCUT2D eigenvalue weighted by Crippen LogP contribution is 2.53. The van der Waals surface area contributed by atoms with Crippen LogP contribution in [-0.4, -0.2) is 63.7 Å². The van der Waals surface area contributed by atoms with Gasteiger partial charge in [-0.3, -0.25) is 19.6 Å². The number of ether oxygens (including phenoxy) is 1. The van der Waals surface area contributed by atoms with Gasteiger partial charge in [-0.25, -0.2) is 0 Å². The largest absolute Gasteiger partial charge is 0.396 e. The first-order valence-electron chi connectivity index (χ1n) is 10.4. The van der Waals surface area contributed by atoms with Crippen molar-refractivity contribution in [1.29, 1.82) is 0 Å². The summed E-state index contributed by atoms with van der Waals surface area (Å²) in [4.78, 5) is 38.4. The van der Waals surface area contributed by atoms with Gasteiger partial charge >= 0.3 is 0 Å². The Balaban J connectivity index is 1.38. The number of carbonyl (C=O) groups is 2. The van der Waals surface area contributed by atoms with Crippen LogP contribution in [0.15, 0.2) is 55.0 Å². The number of aliphatic hydroxyl groups is 1. The maximum atomic E-state index is 13.5. The molecule has 2 aromatic rings. The molecule has 2 bridgehead atoms. The number of anilines is 1. The first-order valence-corrected chi connectivity index (χ1v) is 10.4. The fraction of sp³-hybridized carbons (Fsp3) is 0.391. The molecule has 31 heavy (non-hydrogen) atoms. The zero-order valence-corrected chi connectivity index (χ0v) is 17.2. The second-order valence-corrected chi connectivity index (χ2v) is 8.36. The van der Waals surface area contributed by atoms with Gasteiger partial charge in [-0.1, -0.05) is 24.3 Å². The van der Waals surface area contributed by atoms with Crippen molar-refractivity contribution >= 4 is 17.5 Å². The molecule has 1 N–H and O–H groups in total. The van der Waals surface area contributed by atoms with Crippen LogP contribution in [0.25, 0.3) is 0 Å². The van der Waals surface area contributed by atoms with Gasteiger partial charge in [-0.05, 0) is 24.1 Å². The van der Waals surface area contributed by atoms with Crippen LogP contribution in [0.5, 0.6) is 0 Å². The molecule has 1 aromatic carbocycles. The van der Waals surface area contributed by atoms with Gasteiger partial charge < -0.3 is 19.6 Å². The topological polar surface area (TPSA) is 95.9 Å². The summed E-state index contributed by atoms with van der Waals surface area (Å²) >= 11 is 0. The van der Waals surface area contributed by atoms with E-state index in [0.717, 1.165) is 11.3 Å². The van der Waals surface area contributed by atoms with Gasteiger partial charge in [-0.15, -0.1) is 0 Å². The van der Waals surface area contributed by atoms with Crippen molar-refractivity contribution in [1.82, 2.24) is 14.9 Å². The van der Waals surface area contributed by atoms with Crippen LogP contribution in [-0.2, 0) is 27.3 Å². The number of aromatic nitrogens is 2. The molecule has 0 aliphatic carbocycles. The molecule has 8 heteroatoms. The van der Waals surface area contributed by atoms with Crippen LogP contribution < -0.4 is 4.90 Å². The molecule has 0 radical (unpaired) electrons. The van der Waals surface area contributed by atoms with Crippen molar-refractivity contribution in [2.24, 2.45) is 11.8 Å². The van der Waals surface area contributed by atoms with Crippen molar-refractivity contribution in [2.45, 2.75) is 24.7 Å². The predicted octanol–water partition coefficient (Wildman–Crippen LogP) is 0.956. The van der Waals surface area contributed by atoms with Gasteiger partial charge in [0.1, 0.15) is 5.60 Å². The van der Waals surface area contributed by atoms with Gasteiger partial charge in [0.05, 0.1) is 42.9 Å². The van der Waals surface area contributed by atoms with Gasteiger partial charge in [0, 0.05) is 31.7 Å². The van der Waals surface area contributed by atoms with E-state index in [1.54, 1.807) is 35.4 Å². The predicted molar refractivity (Wildman–Crippen MR) is 112 cm³/mol. The monoisotopic (exact) mass is 420 g/mol. The highest BCUT2D eigenvalue weighted by Gasteiger charge is 2.67. The summed E-state index contributed by atoms with van der Waals surface area (Å²) in [6.45, 7) is 0.795. The number of amides is 2. The summed E-state index contributed by atoms with van der Waals surface area (Å²) in [5, 5.41) is 9.11. The highest BCUT2D eigenvalue weighted by molar-refractivity contribution is 6.03. The van der Waals surface area contributed by atoms with E-state index in [9.17, 15) is 9.59 Å². The van der Waals surface area contributed by atoms with E-state index < -0.39 is 17.4 Å². The second kappa shape index (κ2) is 7.55. The molecule has 4 atom stereocenters. The van der Waals surface area contributed by atoms with Gasteiger partial charge in [0.2, 0.25) is 11.8 Å². The average molecular weight is 420 g/mol. The lowest BCUT2D eigenvalue weighted by Crippen LogP contribution is -2.44. The van der Waals surface area contributed by atoms with Crippen molar-refractivity contribution in [3.63, 3.8) is 0 Å². The number of hydrogen-bond donors (Lipinski definition) is 1. The minimum absolute atomic E-state index is 0.0824. The van der Waals surface area contributed by atoms with Crippen LogP contribution >= 0.6 is 0 Å². The third-order valence-electron chi connectivity index (χ3n) is 6.43. The first kappa shape index (κ1) is 19.8. The molecule has 2 amide bonds. The van der Waals surface area contributed by atoms with Crippen LogP contribution in [0.2, 0.25) is 0 Å². The molecule has 1 aromatic heterocycles. The van der Waals surface area contributed by atoms with Crippen LogP contribution in [0, 0.1) is 11.8 Å². The molecule has 1 spiro atoms. The fourth-order valence-corrected chi connectivity index (χ4v) is 4.96. The second-order valence-electron chi connectivity index (χ2n) is 8.36. The van der Waals surface area contributed by atoms with Gasteiger partial charge in [0.15, 0.2) is 0 Å². The summed E-state index contributed by atoms with van der Waals surface area (Å²) in [5.74, 6) is -1.32. The number of rotatable bonds is 6. The summed E-state index contributed by atoms with van der Waals surface area (Å²) < 4.78 is 6.22. The molecular formula is C23H24N4O4. The summed E-state index contributed by atoms with van der Waals surface area (Å²) in [5.41, 5.74) is 1.70. The lowest BCUT2D eigenvalue weighted by atomic mass is 9.76. The zero-order chi connectivity index (χ0) is 21.6. The van der Waals surface area contributed by atoms with Crippen molar-refractivity contribution in [2.75, 3.05) is 25.1 Å². The molecule has 3 aliphatic rings. The van der Waals surface area contributed by atoms with E-state index in [-0.39, 0.29) is 24.5 Å². The highest BCUT2D eigenvalue weighted by atomic mass is 16.5. The van der Waals surface area contributed by atoms with E-state index in [0.29, 0.717) is 25.2 Å². The number of carbonyl (C=O) groups excluding carboxylic acids is 2. The summed E-state index contributed by atoms with van der Waals surface area (Å²) in [6, 6.07) is 7.59.